The van der Waals surface area contributed by atoms with Crippen molar-refractivity contribution in [3.63, 3.8) is 0 Å². The van der Waals surface area contributed by atoms with Crippen LogP contribution in [0.4, 0.5) is 0 Å². The molecule has 0 aliphatic heterocycles. The predicted octanol–water partition coefficient (Wildman–Crippen LogP) is 4.09. The summed E-state index contributed by atoms with van der Waals surface area (Å²) < 4.78 is 0. The number of rotatable bonds is 1. The van der Waals surface area contributed by atoms with Crippen LogP contribution in [0.3, 0.4) is 0 Å². The van der Waals surface area contributed by atoms with Crippen molar-refractivity contribution in [2.24, 2.45) is 0 Å². The van der Waals surface area contributed by atoms with Crippen LogP contribution in [-0.4, -0.2) is 0 Å². The highest BCUT2D eigenvalue weighted by molar-refractivity contribution is 7.16. The molecule has 0 fully saturated rings. The van der Waals surface area contributed by atoms with Crippen molar-refractivity contribution in [1.29, 1.82) is 0 Å². The summed E-state index contributed by atoms with van der Waals surface area (Å²) in [5, 5.41) is 0. The average Bonchev–Trinajstić information content (AvgIpc) is 2.68. The molecule has 2 aromatic rings. The van der Waals surface area contributed by atoms with Crippen molar-refractivity contribution in [1.82, 2.24) is 0 Å². The zero-order chi connectivity index (χ0) is 10.7. The Kier molecular flexibility index (Phi) is 2.89. The molecule has 15 heavy (non-hydrogen) atoms. The minimum absolute atomic E-state index is 1.13. The number of aryl methyl sites for hydroxylation is 1. The van der Waals surface area contributed by atoms with E-state index >= 15 is 0 Å². The summed E-state index contributed by atoms with van der Waals surface area (Å²) >= 11 is 1.74. The largest absolute Gasteiger partial charge is 0.127 e. The summed E-state index contributed by atoms with van der Waals surface area (Å²) in [7, 11) is 0. The van der Waals surface area contributed by atoms with Crippen LogP contribution in [0.25, 0.3) is 10.4 Å². The molecule has 0 bridgehead atoms. The molecule has 0 unspecified atom stereocenters. The van der Waals surface area contributed by atoms with E-state index in [4.69, 9.17) is 0 Å². The van der Waals surface area contributed by atoms with Crippen molar-refractivity contribution in [3.05, 3.63) is 46.8 Å². The van der Waals surface area contributed by atoms with E-state index in [9.17, 15) is 0 Å². The second kappa shape index (κ2) is 4.33. The Morgan fingerprint density at radius 1 is 1.00 bits per heavy atom. The van der Waals surface area contributed by atoms with Gasteiger partial charge in [0.2, 0.25) is 0 Å². The molecule has 74 valence electrons. The van der Waals surface area contributed by atoms with Gasteiger partial charge >= 0.3 is 0 Å². The average molecular weight is 212 g/mol. The molecule has 0 N–H and O–H groups in total. The maximum absolute atomic E-state index is 3.08. The van der Waals surface area contributed by atoms with E-state index in [1.165, 1.54) is 16.0 Å². The summed E-state index contributed by atoms with van der Waals surface area (Å²) in [6.07, 6.45) is 0. The molecule has 0 nitrogen and oxygen atoms in total. The smallest absolute Gasteiger partial charge is 0.0774 e. The zero-order valence-electron chi connectivity index (χ0n) is 8.87. The number of hydrogen-bond donors (Lipinski definition) is 0. The highest BCUT2D eigenvalue weighted by Crippen LogP contribution is 2.27. The fourth-order valence-corrected chi connectivity index (χ4v) is 2.32. The van der Waals surface area contributed by atoms with Crippen LogP contribution in [0.2, 0.25) is 0 Å². The summed E-state index contributed by atoms with van der Waals surface area (Å²) in [4.78, 5) is 2.42. The molecule has 1 heterocycles. The Bertz CT molecular complexity index is 506. The first kappa shape index (κ1) is 10.0. The summed E-state index contributed by atoms with van der Waals surface area (Å²) in [5.74, 6) is 6.00. The lowest BCUT2D eigenvalue weighted by Crippen LogP contribution is -1.72. The minimum atomic E-state index is 1.13. The number of hydrogen-bond acceptors (Lipinski definition) is 1. The maximum atomic E-state index is 3.08. The normalized spacial score (nSPS) is 9.47. The standard InChI is InChI=1S/C14H12S/c1-3-4-13-9-10-14(15-13)12-7-5-11(2)6-8-12/h5-10H,1-2H3. The first-order valence-electron chi connectivity index (χ1n) is 4.89. The van der Waals surface area contributed by atoms with Gasteiger partial charge in [0, 0.05) is 4.88 Å². The van der Waals surface area contributed by atoms with Crippen LogP contribution in [0.15, 0.2) is 36.4 Å². The van der Waals surface area contributed by atoms with Crippen LogP contribution in [0, 0.1) is 18.8 Å². The van der Waals surface area contributed by atoms with Gasteiger partial charge in [-0.3, -0.25) is 0 Å². The van der Waals surface area contributed by atoms with Gasteiger partial charge in [0.05, 0.1) is 4.88 Å². The fourth-order valence-electron chi connectivity index (χ4n) is 1.40. The molecule has 0 saturated heterocycles. The van der Waals surface area contributed by atoms with Crippen LogP contribution in [0.1, 0.15) is 17.4 Å². The highest BCUT2D eigenvalue weighted by atomic mass is 32.1. The van der Waals surface area contributed by atoms with Gasteiger partial charge in [0.15, 0.2) is 0 Å². The lowest BCUT2D eigenvalue weighted by atomic mass is 10.1. The van der Waals surface area contributed by atoms with E-state index < -0.39 is 0 Å². The number of benzene rings is 1. The monoisotopic (exact) mass is 212 g/mol. The van der Waals surface area contributed by atoms with E-state index in [0.29, 0.717) is 0 Å². The zero-order valence-corrected chi connectivity index (χ0v) is 9.69. The molecule has 1 aromatic carbocycles. The van der Waals surface area contributed by atoms with Crippen molar-refractivity contribution in [2.45, 2.75) is 13.8 Å². The van der Waals surface area contributed by atoms with E-state index in [1.54, 1.807) is 11.3 Å². The van der Waals surface area contributed by atoms with Gasteiger partial charge in [-0.1, -0.05) is 35.7 Å². The second-order valence-electron chi connectivity index (χ2n) is 3.40. The molecule has 0 amide bonds. The van der Waals surface area contributed by atoms with E-state index in [0.717, 1.165) is 4.88 Å². The Morgan fingerprint density at radius 3 is 2.40 bits per heavy atom. The lowest BCUT2D eigenvalue weighted by molar-refractivity contribution is 1.48. The lowest BCUT2D eigenvalue weighted by Gasteiger charge is -1.96. The quantitative estimate of drug-likeness (QED) is 0.624. The van der Waals surface area contributed by atoms with Crippen molar-refractivity contribution in [2.75, 3.05) is 0 Å². The molecule has 0 aliphatic rings. The first-order chi connectivity index (χ1) is 7.29. The van der Waals surface area contributed by atoms with Crippen molar-refractivity contribution >= 4 is 11.3 Å². The summed E-state index contributed by atoms with van der Waals surface area (Å²) in [6.45, 7) is 3.97. The molecule has 1 heteroatoms. The highest BCUT2D eigenvalue weighted by Gasteiger charge is 2.00. The van der Waals surface area contributed by atoms with Gasteiger partial charge in [-0.25, -0.2) is 0 Å². The van der Waals surface area contributed by atoms with Gasteiger partial charge in [-0.05, 0) is 31.5 Å². The van der Waals surface area contributed by atoms with Gasteiger partial charge in [-0.15, -0.1) is 17.3 Å². The van der Waals surface area contributed by atoms with Gasteiger partial charge in [0.1, 0.15) is 0 Å². The number of thiophene rings is 1. The van der Waals surface area contributed by atoms with Crippen LogP contribution >= 0.6 is 11.3 Å². The minimum Gasteiger partial charge on any atom is -0.127 e. The molecule has 0 spiro atoms. The SMILES string of the molecule is CC#Cc1ccc(-c2ccc(C)cc2)s1. The first-order valence-corrected chi connectivity index (χ1v) is 5.71. The van der Waals surface area contributed by atoms with Gasteiger partial charge in [-0.2, -0.15) is 0 Å². The Balaban J connectivity index is 2.35. The molecule has 2 rings (SSSR count). The third-order valence-corrected chi connectivity index (χ3v) is 3.24. The topological polar surface area (TPSA) is 0 Å². The van der Waals surface area contributed by atoms with Crippen LogP contribution in [-0.2, 0) is 0 Å². The molecule has 0 aliphatic carbocycles. The van der Waals surface area contributed by atoms with Gasteiger partial charge in [0.25, 0.3) is 0 Å². The summed E-state index contributed by atoms with van der Waals surface area (Å²) in [6, 6.07) is 12.8. The third kappa shape index (κ3) is 2.29. The van der Waals surface area contributed by atoms with E-state index in [1.807, 2.05) is 6.92 Å². The molecular formula is C14H12S. The molecular weight excluding hydrogens is 200 g/mol. The molecule has 1 aromatic heterocycles. The third-order valence-electron chi connectivity index (χ3n) is 2.19. The predicted molar refractivity (Wildman–Crippen MR) is 67.0 cm³/mol. The Morgan fingerprint density at radius 2 is 1.73 bits per heavy atom. The Labute approximate surface area is 94.6 Å². The Hall–Kier alpha value is -1.52. The summed E-state index contributed by atoms with van der Waals surface area (Å²) in [5.41, 5.74) is 2.57. The molecule has 0 saturated carbocycles. The maximum Gasteiger partial charge on any atom is 0.0774 e. The van der Waals surface area contributed by atoms with Gasteiger partial charge < -0.3 is 0 Å². The van der Waals surface area contributed by atoms with E-state index in [2.05, 4.69) is 55.2 Å². The van der Waals surface area contributed by atoms with Crippen molar-refractivity contribution in [3.8, 4) is 22.3 Å². The second-order valence-corrected chi connectivity index (χ2v) is 4.49. The van der Waals surface area contributed by atoms with Crippen LogP contribution < -0.4 is 0 Å². The van der Waals surface area contributed by atoms with E-state index in [-0.39, 0.29) is 0 Å². The molecule has 0 atom stereocenters. The fraction of sp³-hybridized carbons (Fsp3) is 0.143. The van der Waals surface area contributed by atoms with Crippen molar-refractivity contribution < 1.29 is 0 Å². The molecule has 0 radical (unpaired) electrons. The van der Waals surface area contributed by atoms with Crippen LogP contribution in [0.5, 0.6) is 0 Å².